The number of rotatable bonds is 9. The Kier molecular flexibility index (Phi) is 7.99. The SMILES string of the molecule is CCN(Cc1ccccc1)c1ccc(/N=N/c2c(C#N)cc([N+](=O)[O-])cc2[N+](=O)[O-])c(NC(C)=O)c1. The van der Waals surface area contributed by atoms with Crippen LogP contribution < -0.4 is 10.2 Å². The first-order valence-corrected chi connectivity index (χ1v) is 10.7. The number of nitro benzene ring substituents is 2. The molecule has 0 radical (unpaired) electrons. The van der Waals surface area contributed by atoms with Gasteiger partial charge in [-0.1, -0.05) is 30.3 Å². The number of hydrogen-bond acceptors (Lipinski definition) is 9. The van der Waals surface area contributed by atoms with Gasteiger partial charge in [-0.3, -0.25) is 25.0 Å². The fraction of sp³-hybridized carbons (Fsp3) is 0.167. The fourth-order valence-electron chi connectivity index (χ4n) is 3.43. The van der Waals surface area contributed by atoms with Crippen LogP contribution in [0.2, 0.25) is 0 Å². The highest BCUT2D eigenvalue weighted by atomic mass is 16.6. The summed E-state index contributed by atoms with van der Waals surface area (Å²) in [5.74, 6) is -0.367. The summed E-state index contributed by atoms with van der Waals surface area (Å²) >= 11 is 0. The number of anilines is 2. The second kappa shape index (κ2) is 11.3. The molecule has 0 aliphatic heterocycles. The molecular weight excluding hydrogens is 466 g/mol. The molecule has 1 amide bonds. The minimum absolute atomic E-state index is 0.182. The van der Waals surface area contributed by atoms with Crippen molar-refractivity contribution in [1.82, 2.24) is 0 Å². The Labute approximate surface area is 205 Å². The molecule has 0 aliphatic carbocycles. The van der Waals surface area contributed by atoms with Gasteiger partial charge in [0.1, 0.15) is 11.8 Å². The van der Waals surface area contributed by atoms with Gasteiger partial charge in [0.15, 0.2) is 5.69 Å². The van der Waals surface area contributed by atoms with Gasteiger partial charge in [-0.05, 0) is 30.7 Å². The molecule has 1 N–H and O–H groups in total. The van der Waals surface area contributed by atoms with Crippen molar-refractivity contribution in [3.05, 3.63) is 92.0 Å². The molecule has 0 unspecified atom stereocenters. The van der Waals surface area contributed by atoms with E-state index >= 15 is 0 Å². The Morgan fingerprint density at radius 3 is 2.36 bits per heavy atom. The quantitative estimate of drug-likeness (QED) is 0.227. The van der Waals surface area contributed by atoms with Crippen molar-refractivity contribution in [2.45, 2.75) is 20.4 Å². The van der Waals surface area contributed by atoms with Crippen LogP contribution in [0, 0.1) is 31.6 Å². The monoisotopic (exact) mass is 487 g/mol. The molecule has 0 saturated carbocycles. The number of carbonyl (C=O) groups is 1. The van der Waals surface area contributed by atoms with Gasteiger partial charge < -0.3 is 10.2 Å². The van der Waals surface area contributed by atoms with Gasteiger partial charge in [-0.25, -0.2) is 0 Å². The number of nitrogens with one attached hydrogen (secondary N) is 1. The summed E-state index contributed by atoms with van der Waals surface area (Å²) < 4.78 is 0. The fourth-order valence-corrected chi connectivity index (χ4v) is 3.43. The van der Waals surface area contributed by atoms with Crippen molar-refractivity contribution in [3.63, 3.8) is 0 Å². The Morgan fingerprint density at radius 1 is 1.06 bits per heavy atom. The van der Waals surface area contributed by atoms with Gasteiger partial charge >= 0.3 is 5.69 Å². The second-order valence-corrected chi connectivity index (χ2v) is 7.57. The number of carbonyl (C=O) groups excluding carboxylic acids is 1. The van der Waals surface area contributed by atoms with Gasteiger partial charge in [0.25, 0.3) is 5.69 Å². The maximum atomic E-state index is 11.8. The zero-order valence-electron chi connectivity index (χ0n) is 19.4. The van der Waals surface area contributed by atoms with Crippen LogP contribution in [0.3, 0.4) is 0 Å². The number of nitro groups is 2. The molecule has 0 bridgehead atoms. The third-order valence-corrected chi connectivity index (χ3v) is 5.11. The van der Waals surface area contributed by atoms with Crippen LogP contribution in [0.5, 0.6) is 0 Å². The van der Waals surface area contributed by atoms with Crippen molar-refractivity contribution < 1.29 is 14.6 Å². The number of benzene rings is 3. The van der Waals surface area contributed by atoms with Crippen LogP contribution in [-0.2, 0) is 11.3 Å². The van der Waals surface area contributed by atoms with E-state index in [2.05, 4.69) is 20.4 Å². The smallest absolute Gasteiger partial charge is 0.304 e. The predicted molar refractivity (Wildman–Crippen MR) is 133 cm³/mol. The second-order valence-electron chi connectivity index (χ2n) is 7.57. The van der Waals surface area contributed by atoms with E-state index in [1.54, 1.807) is 24.3 Å². The van der Waals surface area contributed by atoms with Crippen LogP contribution >= 0.6 is 0 Å². The van der Waals surface area contributed by atoms with E-state index in [-0.39, 0.29) is 17.2 Å². The Balaban J connectivity index is 2.04. The van der Waals surface area contributed by atoms with E-state index in [0.29, 0.717) is 18.8 Å². The minimum atomic E-state index is -0.872. The first-order chi connectivity index (χ1) is 17.2. The summed E-state index contributed by atoms with van der Waals surface area (Å²) in [7, 11) is 0. The van der Waals surface area contributed by atoms with E-state index in [1.807, 2.05) is 37.3 Å². The molecule has 0 atom stereocenters. The van der Waals surface area contributed by atoms with E-state index in [0.717, 1.165) is 23.4 Å². The highest BCUT2D eigenvalue weighted by molar-refractivity contribution is 5.93. The van der Waals surface area contributed by atoms with E-state index in [4.69, 9.17) is 0 Å². The van der Waals surface area contributed by atoms with Crippen LogP contribution in [0.4, 0.5) is 34.1 Å². The highest BCUT2D eigenvalue weighted by Crippen LogP contribution is 2.38. The van der Waals surface area contributed by atoms with Gasteiger partial charge in [0, 0.05) is 31.8 Å². The van der Waals surface area contributed by atoms with Crippen LogP contribution in [0.1, 0.15) is 25.0 Å². The van der Waals surface area contributed by atoms with Crippen molar-refractivity contribution in [1.29, 1.82) is 5.26 Å². The lowest BCUT2D eigenvalue weighted by molar-refractivity contribution is -0.393. The van der Waals surface area contributed by atoms with Gasteiger partial charge in [-0.2, -0.15) is 5.26 Å². The van der Waals surface area contributed by atoms with Crippen LogP contribution in [-0.4, -0.2) is 22.3 Å². The molecule has 3 aromatic rings. The normalized spacial score (nSPS) is 10.6. The largest absolute Gasteiger partial charge is 0.367 e. The molecule has 0 aromatic heterocycles. The van der Waals surface area contributed by atoms with Gasteiger partial charge in [0.2, 0.25) is 5.91 Å². The van der Waals surface area contributed by atoms with Crippen molar-refractivity contribution in [3.8, 4) is 6.07 Å². The van der Waals surface area contributed by atoms with Crippen molar-refractivity contribution in [2.24, 2.45) is 10.2 Å². The molecule has 12 nitrogen and oxygen atoms in total. The average molecular weight is 487 g/mol. The Morgan fingerprint density at radius 2 is 1.78 bits per heavy atom. The molecule has 182 valence electrons. The van der Waals surface area contributed by atoms with Crippen molar-refractivity contribution >= 4 is 40.0 Å². The maximum Gasteiger partial charge on any atom is 0.304 e. The molecule has 3 aromatic carbocycles. The summed E-state index contributed by atoms with van der Waals surface area (Å²) in [5, 5.41) is 42.6. The average Bonchev–Trinajstić information content (AvgIpc) is 2.86. The molecule has 0 aliphatic rings. The number of non-ortho nitro benzene ring substituents is 1. The number of nitriles is 1. The van der Waals surface area contributed by atoms with E-state index in [9.17, 15) is 30.3 Å². The summed E-state index contributed by atoms with van der Waals surface area (Å²) in [6, 6.07) is 18.2. The summed E-state index contributed by atoms with van der Waals surface area (Å²) in [6.07, 6.45) is 0. The molecule has 0 saturated heterocycles. The minimum Gasteiger partial charge on any atom is -0.367 e. The molecule has 0 spiro atoms. The Bertz CT molecular complexity index is 1380. The zero-order chi connectivity index (χ0) is 26.2. The van der Waals surface area contributed by atoms with Crippen LogP contribution in [0.25, 0.3) is 0 Å². The topological polar surface area (TPSA) is 167 Å². The lowest BCUT2D eigenvalue weighted by Gasteiger charge is -2.24. The number of amides is 1. The number of hydrogen-bond donors (Lipinski definition) is 1. The molecule has 0 fully saturated rings. The van der Waals surface area contributed by atoms with Gasteiger partial charge in [-0.15, -0.1) is 10.2 Å². The highest BCUT2D eigenvalue weighted by Gasteiger charge is 2.24. The standard InChI is InChI=1S/C24H21N7O5/c1-3-29(15-17-7-5-4-6-8-17)19-9-10-21(22(12-19)26-16(2)32)27-28-24-18(14-25)11-20(30(33)34)13-23(24)31(35)36/h4-13H,3,15H2,1-2H3,(H,26,32)/b28-27+. The van der Waals surface area contributed by atoms with Crippen molar-refractivity contribution in [2.75, 3.05) is 16.8 Å². The summed E-state index contributed by atoms with van der Waals surface area (Å²) in [6.45, 7) is 4.61. The lowest BCUT2D eigenvalue weighted by Crippen LogP contribution is -2.22. The maximum absolute atomic E-state index is 11.8. The summed E-state index contributed by atoms with van der Waals surface area (Å²) in [5.41, 5.74) is 0.227. The molecule has 36 heavy (non-hydrogen) atoms. The van der Waals surface area contributed by atoms with Crippen LogP contribution in [0.15, 0.2) is 70.9 Å². The third-order valence-electron chi connectivity index (χ3n) is 5.11. The molecule has 3 rings (SSSR count). The number of nitrogens with zero attached hydrogens (tertiary/aromatic N) is 6. The first-order valence-electron chi connectivity index (χ1n) is 10.7. The van der Waals surface area contributed by atoms with Gasteiger partial charge in [0.05, 0.1) is 27.2 Å². The molecule has 0 heterocycles. The number of azo groups is 1. The third kappa shape index (κ3) is 6.03. The summed E-state index contributed by atoms with van der Waals surface area (Å²) in [4.78, 5) is 34.8. The molecular formula is C24H21N7O5. The Hall–Kier alpha value is -5.18. The molecule has 12 heteroatoms. The lowest BCUT2D eigenvalue weighted by atomic mass is 10.1. The van der Waals surface area contributed by atoms with E-state index < -0.39 is 26.9 Å². The zero-order valence-corrected chi connectivity index (χ0v) is 19.4. The van der Waals surface area contributed by atoms with E-state index in [1.165, 1.54) is 6.92 Å². The predicted octanol–water partition coefficient (Wildman–Crippen LogP) is 5.77. The first kappa shape index (κ1) is 25.4.